The molecule has 0 aliphatic rings. The summed E-state index contributed by atoms with van der Waals surface area (Å²) in [6.07, 6.45) is 5.15. The van der Waals surface area contributed by atoms with Gasteiger partial charge in [-0.05, 0) is 42.2 Å². The molecule has 1 unspecified atom stereocenters. The fourth-order valence-corrected chi connectivity index (χ4v) is 2.76. The number of rotatable bonds is 8. The van der Waals surface area contributed by atoms with Crippen molar-refractivity contribution in [1.29, 1.82) is 0 Å². The first-order chi connectivity index (χ1) is 9.81. The molecule has 0 spiro atoms. The minimum atomic E-state index is 0.177. The molecule has 0 saturated carbocycles. The van der Waals surface area contributed by atoms with E-state index in [1.165, 1.54) is 35.6 Å². The summed E-state index contributed by atoms with van der Waals surface area (Å²) in [6.45, 7) is 3.00. The quantitative estimate of drug-likeness (QED) is 0.433. The number of halogens is 1. The minimum Gasteiger partial charge on any atom is -0.374 e. The van der Waals surface area contributed by atoms with Crippen LogP contribution in [0.3, 0.4) is 0 Å². The second-order valence-corrected chi connectivity index (χ2v) is 6.02. The third kappa shape index (κ3) is 4.60. The van der Waals surface area contributed by atoms with Crippen molar-refractivity contribution in [1.82, 2.24) is 0 Å². The van der Waals surface area contributed by atoms with Crippen LogP contribution in [0.2, 0.25) is 0 Å². The molecule has 0 amide bonds. The Kier molecular flexibility index (Phi) is 6.55. The van der Waals surface area contributed by atoms with Gasteiger partial charge in [-0.15, -0.1) is 0 Å². The normalized spacial score (nSPS) is 12.7. The zero-order chi connectivity index (χ0) is 14.2. The van der Waals surface area contributed by atoms with Crippen molar-refractivity contribution in [3.8, 4) is 0 Å². The van der Waals surface area contributed by atoms with Crippen molar-refractivity contribution in [2.45, 2.75) is 38.7 Å². The summed E-state index contributed by atoms with van der Waals surface area (Å²) in [6, 6.07) is 15.1. The van der Waals surface area contributed by atoms with Gasteiger partial charge in [-0.25, -0.2) is 0 Å². The van der Waals surface area contributed by atoms with Gasteiger partial charge in [-0.2, -0.15) is 0 Å². The van der Waals surface area contributed by atoms with Gasteiger partial charge in [-0.3, -0.25) is 0 Å². The van der Waals surface area contributed by atoms with Crippen molar-refractivity contribution in [3.63, 3.8) is 0 Å². The topological polar surface area (TPSA) is 9.23 Å². The van der Waals surface area contributed by atoms with E-state index in [-0.39, 0.29) is 6.10 Å². The Bertz CT molecular complexity index is 524. The largest absolute Gasteiger partial charge is 0.374 e. The van der Waals surface area contributed by atoms with Gasteiger partial charge in [0.1, 0.15) is 0 Å². The average Bonchev–Trinajstić information content (AvgIpc) is 2.50. The SMILES string of the molecule is CC(OCCCCCCBr)c1ccc2ccccc2c1. The summed E-state index contributed by atoms with van der Waals surface area (Å²) in [5, 5.41) is 3.69. The minimum absolute atomic E-state index is 0.177. The van der Waals surface area contributed by atoms with E-state index in [9.17, 15) is 0 Å². The smallest absolute Gasteiger partial charge is 0.0797 e. The number of fused-ring (bicyclic) bond motifs is 1. The summed E-state index contributed by atoms with van der Waals surface area (Å²) in [5.74, 6) is 0. The molecule has 0 aliphatic heterocycles. The maximum absolute atomic E-state index is 5.95. The predicted octanol–water partition coefficient (Wildman–Crippen LogP) is 5.87. The van der Waals surface area contributed by atoms with E-state index in [0.717, 1.165) is 18.4 Å². The van der Waals surface area contributed by atoms with E-state index < -0.39 is 0 Å². The predicted molar refractivity (Wildman–Crippen MR) is 90.6 cm³/mol. The molecule has 0 bridgehead atoms. The van der Waals surface area contributed by atoms with Gasteiger partial charge in [0, 0.05) is 11.9 Å². The molecule has 2 aromatic carbocycles. The number of hydrogen-bond donors (Lipinski definition) is 0. The Hall–Kier alpha value is -0.860. The highest BCUT2D eigenvalue weighted by atomic mass is 79.9. The van der Waals surface area contributed by atoms with Crippen LogP contribution in [0, 0.1) is 0 Å². The lowest BCUT2D eigenvalue weighted by Crippen LogP contribution is -2.01. The molecule has 0 fully saturated rings. The lowest BCUT2D eigenvalue weighted by atomic mass is 10.0. The average molecular weight is 335 g/mol. The molecule has 0 radical (unpaired) electrons. The van der Waals surface area contributed by atoms with Crippen LogP contribution < -0.4 is 0 Å². The van der Waals surface area contributed by atoms with Crippen molar-refractivity contribution in [2.24, 2.45) is 0 Å². The Balaban J connectivity index is 1.83. The molecule has 20 heavy (non-hydrogen) atoms. The lowest BCUT2D eigenvalue weighted by Gasteiger charge is -2.14. The Morgan fingerprint density at radius 2 is 1.70 bits per heavy atom. The first kappa shape index (κ1) is 15.5. The van der Waals surface area contributed by atoms with Crippen LogP contribution in [-0.4, -0.2) is 11.9 Å². The van der Waals surface area contributed by atoms with E-state index in [1.807, 2.05) is 0 Å². The zero-order valence-corrected chi connectivity index (χ0v) is 13.7. The molecule has 0 heterocycles. The van der Waals surface area contributed by atoms with Crippen molar-refractivity contribution >= 4 is 26.7 Å². The van der Waals surface area contributed by atoms with E-state index in [0.29, 0.717) is 0 Å². The maximum atomic E-state index is 5.95. The molecule has 0 aliphatic carbocycles. The maximum Gasteiger partial charge on any atom is 0.0797 e. The molecule has 0 saturated heterocycles. The molecular weight excluding hydrogens is 312 g/mol. The second-order valence-electron chi connectivity index (χ2n) is 5.22. The first-order valence-corrected chi connectivity index (χ1v) is 8.59. The van der Waals surface area contributed by atoms with Gasteiger partial charge in [0.25, 0.3) is 0 Å². The van der Waals surface area contributed by atoms with Crippen LogP contribution in [-0.2, 0) is 4.74 Å². The summed E-state index contributed by atoms with van der Waals surface area (Å²) < 4.78 is 5.95. The number of ether oxygens (including phenoxy) is 1. The van der Waals surface area contributed by atoms with E-state index in [1.54, 1.807) is 0 Å². The molecule has 2 aromatic rings. The number of alkyl halides is 1. The first-order valence-electron chi connectivity index (χ1n) is 7.47. The summed E-state index contributed by atoms with van der Waals surface area (Å²) in [5.41, 5.74) is 1.27. The standard InChI is InChI=1S/C18H23BrO/c1-15(20-13-7-3-2-6-12-19)17-11-10-16-8-4-5-9-18(16)14-17/h4-5,8-11,14-15H,2-3,6-7,12-13H2,1H3. The van der Waals surface area contributed by atoms with Gasteiger partial charge in [0.2, 0.25) is 0 Å². The highest BCUT2D eigenvalue weighted by Crippen LogP contribution is 2.22. The monoisotopic (exact) mass is 334 g/mol. The van der Waals surface area contributed by atoms with Crippen LogP contribution in [0.15, 0.2) is 42.5 Å². The highest BCUT2D eigenvalue weighted by molar-refractivity contribution is 9.09. The van der Waals surface area contributed by atoms with Gasteiger partial charge < -0.3 is 4.74 Å². The molecular formula is C18H23BrO. The Morgan fingerprint density at radius 1 is 0.950 bits per heavy atom. The third-order valence-corrected chi connectivity index (χ3v) is 4.20. The van der Waals surface area contributed by atoms with Gasteiger partial charge in [-0.1, -0.05) is 65.2 Å². The summed E-state index contributed by atoms with van der Waals surface area (Å²) >= 11 is 3.46. The molecule has 2 heteroatoms. The molecule has 0 aromatic heterocycles. The Labute approximate surface area is 130 Å². The fourth-order valence-electron chi connectivity index (χ4n) is 2.37. The number of hydrogen-bond acceptors (Lipinski definition) is 1. The van der Waals surface area contributed by atoms with Crippen molar-refractivity contribution < 1.29 is 4.74 Å². The molecule has 2 rings (SSSR count). The third-order valence-electron chi connectivity index (χ3n) is 3.64. The fraction of sp³-hybridized carbons (Fsp3) is 0.444. The summed E-state index contributed by atoms with van der Waals surface area (Å²) in [4.78, 5) is 0. The van der Waals surface area contributed by atoms with Crippen molar-refractivity contribution in [2.75, 3.05) is 11.9 Å². The van der Waals surface area contributed by atoms with Crippen LogP contribution in [0.5, 0.6) is 0 Å². The number of benzene rings is 2. The van der Waals surface area contributed by atoms with Gasteiger partial charge in [0.05, 0.1) is 6.10 Å². The van der Waals surface area contributed by atoms with E-state index >= 15 is 0 Å². The molecule has 1 atom stereocenters. The lowest BCUT2D eigenvalue weighted by molar-refractivity contribution is 0.0629. The highest BCUT2D eigenvalue weighted by Gasteiger charge is 2.06. The van der Waals surface area contributed by atoms with Gasteiger partial charge >= 0.3 is 0 Å². The molecule has 0 N–H and O–H groups in total. The van der Waals surface area contributed by atoms with E-state index in [2.05, 4.69) is 65.3 Å². The van der Waals surface area contributed by atoms with Crippen LogP contribution in [0.25, 0.3) is 10.8 Å². The molecule has 1 nitrogen and oxygen atoms in total. The zero-order valence-electron chi connectivity index (χ0n) is 12.1. The number of unbranched alkanes of at least 4 members (excludes halogenated alkanes) is 3. The summed E-state index contributed by atoms with van der Waals surface area (Å²) in [7, 11) is 0. The van der Waals surface area contributed by atoms with Crippen molar-refractivity contribution in [3.05, 3.63) is 48.0 Å². The second kappa shape index (κ2) is 8.43. The van der Waals surface area contributed by atoms with E-state index in [4.69, 9.17) is 4.74 Å². The van der Waals surface area contributed by atoms with Crippen LogP contribution in [0.1, 0.15) is 44.3 Å². The van der Waals surface area contributed by atoms with Crippen LogP contribution in [0.4, 0.5) is 0 Å². The van der Waals surface area contributed by atoms with Crippen LogP contribution >= 0.6 is 15.9 Å². The Morgan fingerprint density at radius 3 is 2.50 bits per heavy atom. The van der Waals surface area contributed by atoms with Gasteiger partial charge in [0.15, 0.2) is 0 Å². The molecule has 108 valence electrons.